The highest BCUT2D eigenvalue weighted by Gasteiger charge is 2.45. The Morgan fingerprint density at radius 3 is 1.33 bits per heavy atom. The van der Waals surface area contributed by atoms with Gasteiger partial charge in [-0.2, -0.15) is 0 Å². The molecule has 18 rings (SSSR count). The van der Waals surface area contributed by atoms with E-state index in [0.717, 1.165) is 116 Å². The Labute approximate surface area is 402 Å². The van der Waals surface area contributed by atoms with E-state index in [9.17, 15) is 0 Å². The number of hydrogen-bond acceptors (Lipinski definition) is 3. The second-order valence-corrected chi connectivity index (χ2v) is 21.3. The zero-order valence-electron chi connectivity index (χ0n) is 38.7. The van der Waals surface area contributed by atoms with E-state index in [2.05, 4.69) is 181 Å². The van der Waals surface area contributed by atoms with E-state index >= 15 is 14.4 Å². The summed E-state index contributed by atoms with van der Waals surface area (Å²) < 4.78 is 4.64. The van der Waals surface area contributed by atoms with Gasteiger partial charge in [-0.25, -0.2) is 0 Å². The predicted molar refractivity (Wildman–Crippen MR) is 280 cm³/mol. The summed E-state index contributed by atoms with van der Waals surface area (Å²) in [6, 6.07) is 61.6. The molecule has 0 spiro atoms. The fourth-order valence-electron chi connectivity index (χ4n) is 13.9. The van der Waals surface area contributed by atoms with E-state index in [1.165, 1.54) is 0 Å². The Bertz CT molecular complexity index is 4390. The molecular formula is C65H42N2O3. The van der Waals surface area contributed by atoms with Gasteiger partial charge in [0.25, 0.3) is 0 Å². The Kier molecular flexibility index (Phi) is 7.16. The second-order valence-electron chi connectivity index (χ2n) is 21.3. The van der Waals surface area contributed by atoms with Crippen LogP contribution < -0.4 is 5.43 Å². The van der Waals surface area contributed by atoms with Crippen molar-refractivity contribution in [2.75, 3.05) is 0 Å². The van der Waals surface area contributed by atoms with Crippen molar-refractivity contribution in [2.24, 2.45) is 0 Å². The summed E-state index contributed by atoms with van der Waals surface area (Å²) >= 11 is 0. The molecule has 6 aliphatic rings. The van der Waals surface area contributed by atoms with Gasteiger partial charge in [0.1, 0.15) is 0 Å². The van der Waals surface area contributed by atoms with E-state index < -0.39 is 11.8 Å². The van der Waals surface area contributed by atoms with Crippen LogP contribution in [0.25, 0.3) is 65.6 Å². The Hall–Kier alpha value is -8.41. The van der Waals surface area contributed by atoms with Gasteiger partial charge in [-0.3, -0.25) is 14.4 Å². The molecule has 0 atom stereocenters. The van der Waals surface area contributed by atoms with E-state index in [0.29, 0.717) is 21.9 Å². The van der Waals surface area contributed by atoms with Gasteiger partial charge in [0, 0.05) is 61.0 Å². The number of rotatable bonds is 1. The van der Waals surface area contributed by atoms with Gasteiger partial charge in [0.15, 0.2) is 17.0 Å². The molecule has 0 unspecified atom stereocenters. The average Bonchev–Trinajstić information content (AvgIpc) is 3.75. The highest BCUT2D eigenvalue weighted by molar-refractivity contribution is 6.32. The largest absolute Gasteiger partial charge is 0.308 e. The SMILES string of the molecule is CC(C)(C)c1ccc2c(=O)c3cc4c5cc6c(cc5n5c7cc8c(cc7c(c3n(-c3ccccc3)c2c1)c45)C1c2ccccc2C(C8=O)c2ccccc21)C(=O)C1c2ccccc2C6c2ccccc21. The van der Waals surface area contributed by atoms with Crippen LogP contribution in [0.5, 0.6) is 0 Å². The smallest absolute Gasteiger partial charge is 0.197 e. The van der Waals surface area contributed by atoms with Gasteiger partial charge in [-0.05, 0) is 121 Å². The minimum Gasteiger partial charge on any atom is -0.308 e. The van der Waals surface area contributed by atoms with Crippen LogP contribution in [0.3, 0.4) is 0 Å². The summed E-state index contributed by atoms with van der Waals surface area (Å²) in [5, 5.41) is 5.13. The van der Waals surface area contributed by atoms with Gasteiger partial charge in [0.05, 0.1) is 39.4 Å². The van der Waals surface area contributed by atoms with Crippen molar-refractivity contribution in [3.05, 3.63) is 258 Å². The Morgan fingerprint density at radius 2 is 0.829 bits per heavy atom. The molecule has 330 valence electrons. The number of fused-ring (bicyclic) bond motifs is 9. The zero-order chi connectivity index (χ0) is 46.6. The Balaban J connectivity index is 1.12. The first-order chi connectivity index (χ1) is 34.2. The minimum atomic E-state index is -0.437. The monoisotopic (exact) mass is 898 g/mol. The molecule has 3 heterocycles. The lowest BCUT2D eigenvalue weighted by Crippen LogP contribution is -2.19. The normalized spacial score (nSPS) is 18.6. The predicted octanol–water partition coefficient (Wildman–Crippen LogP) is 14.2. The average molecular weight is 899 g/mol. The van der Waals surface area contributed by atoms with Crippen LogP contribution in [-0.4, -0.2) is 20.5 Å². The fraction of sp³-hybridized carbons (Fsp3) is 0.123. The summed E-state index contributed by atoms with van der Waals surface area (Å²) in [5.41, 5.74) is 18.6. The number of benzene rings is 9. The van der Waals surface area contributed by atoms with Crippen LogP contribution in [0.1, 0.15) is 126 Å². The first-order valence-electron chi connectivity index (χ1n) is 24.5. The van der Waals surface area contributed by atoms with Crippen molar-refractivity contribution in [1.29, 1.82) is 0 Å². The molecule has 0 N–H and O–H groups in total. The molecule has 70 heavy (non-hydrogen) atoms. The third-order valence-electron chi connectivity index (χ3n) is 16.9. The van der Waals surface area contributed by atoms with E-state index in [4.69, 9.17) is 0 Å². The maximum Gasteiger partial charge on any atom is 0.197 e. The molecule has 9 aromatic carbocycles. The summed E-state index contributed by atoms with van der Waals surface area (Å²) in [4.78, 5) is 46.7. The standard InChI is InChI=1S/C65H42N2O3/c1-65(2,3)33-25-26-43-52(27-33)66(34-15-5-4-6-16-34)61-51(62(43)68)30-47-44-28-45-48(63(69)57-39-21-11-7-17-35(39)55(45)36-18-8-12-22-40(36)57)31-53(44)67-54-32-49-46(29-50(54)59(61)60(47)67)56-37-19-9-13-23-41(37)58(64(49)70)42-24-14-10-20-38(42)56/h4-32,55-58H,1-3H3. The summed E-state index contributed by atoms with van der Waals surface area (Å²) in [5.74, 6) is -1.01. The lowest BCUT2D eigenvalue weighted by molar-refractivity contribution is 0.0966. The molecule has 0 amide bonds. The third kappa shape index (κ3) is 4.61. The van der Waals surface area contributed by atoms with Crippen LogP contribution in [-0.2, 0) is 5.41 Å². The molecule has 0 aliphatic heterocycles. The van der Waals surface area contributed by atoms with E-state index in [-0.39, 0.29) is 34.2 Å². The van der Waals surface area contributed by atoms with Gasteiger partial charge >= 0.3 is 0 Å². The third-order valence-corrected chi connectivity index (χ3v) is 16.9. The summed E-state index contributed by atoms with van der Waals surface area (Å²) in [6.07, 6.45) is 0. The number of Topliss-reactive ketones (excluding diaryl/α,β-unsaturated/α-hetero) is 2. The van der Waals surface area contributed by atoms with Crippen LogP contribution in [0.4, 0.5) is 0 Å². The molecule has 4 bridgehead atoms. The summed E-state index contributed by atoms with van der Waals surface area (Å²) in [7, 11) is 0. The first kappa shape index (κ1) is 38.5. The van der Waals surface area contributed by atoms with Crippen LogP contribution in [0.15, 0.2) is 181 Å². The number of carbonyl (C=O) groups is 2. The number of nitrogens with zero attached hydrogens (tertiary/aromatic N) is 2. The van der Waals surface area contributed by atoms with Crippen LogP contribution in [0.2, 0.25) is 0 Å². The maximum absolute atomic E-state index is 15.6. The molecule has 5 nitrogen and oxygen atoms in total. The minimum absolute atomic E-state index is 0.0250. The first-order valence-corrected chi connectivity index (χ1v) is 24.5. The molecule has 3 aromatic heterocycles. The lowest BCUT2D eigenvalue weighted by atomic mass is 9.72. The highest BCUT2D eigenvalue weighted by atomic mass is 16.1. The van der Waals surface area contributed by atoms with Crippen molar-refractivity contribution >= 4 is 71.5 Å². The molecule has 6 aliphatic carbocycles. The van der Waals surface area contributed by atoms with Gasteiger partial charge in [-0.1, -0.05) is 142 Å². The molecule has 5 heteroatoms. The molecule has 0 radical (unpaired) electrons. The maximum atomic E-state index is 15.6. The van der Waals surface area contributed by atoms with Crippen molar-refractivity contribution in [1.82, 2.24) is 8.97 Å². The van der Waals surface area contributed by atoms with Crippen molar-refractivity contribution in [3.63, 3.8) is 0 Å². The molecule has 12 aromatic rings. The highest BCUT2D eigenvalue weighted by Crippen LogP contribution is 2.56. The number of hydrogen-bond donors (Lipinski definition) is 0. The van der Waals surface area contributed by atoms with Crippen LogP contribution >= 0.6 is 0 Å². The van der Waals surface area contributed by atoms with Crippen molar-refractivity contribution < 1.29 is 9.59 Å². The second kappa shape index (κ2) is 13.0. The van der Waals surface area contributed by atoms with Crippen molar-refractivity contribution in [3.8, 4) is 5.69 Å². The molecule has 0 saturated carbocycles. The number of para-hydroxylation sites is 1. The van der Waals surface area contributed by atoms with Gasteiger partial charge < -0.3 is 8.97 Å². The number of pyridine rings is 1. The van der Waals surface area contributed by atoms with Gasteiger partial charge in [0.2, 0.25) is 0 Å². The number of ketones is 2. The van der Waals surface area contributed by atoms with Gasteiger partial charge in [-0.15, -0.1) is 0 Å². The zero-order valence-corrected chi connectivity index (χ0v) is 38.7. The number of carbonyl (C=O) groups excluding carboxylic acids is 2. The van der Waals surface area contributed by atoms with Crippen LogP contribution in [0, 0.1) is 0 Å². The molecular weight excluding hydrogens is 857 g/mol. The molecule has 0 fully saturated rings. The number of aromatic nitrogens is 2. The fourth-order valence-corrected chi connectivity index (χ4v) is 13.9. The lowest BCUT2D eigenvalue weighted by Gasteiger charge is -2.30. The quantitative estimate of drug-likeness (QED) is 0.154. The summed E-state index contributed by atoms with van der Waals surface area (Å²) in [6.45, 7) is 6.64. The van der Waals surface area contributed by atoms with E-state index in [1.807, 2.05) is 24.3 Å². The van der Waals surface area contributed by atoms with E-state index in [1.54, 1.807) is 0 Å². The van der Waals surface area contributed by atoms with Crippen molar-refractivity contribution in [2.45, 2.75) is 49.9 Å². The topological polar surface area (TPSA) is 60.6 Å². The Morgan fingerprint density at radius 1 is 0.371 bits per heavy atom. The molecule has 0 saturated heterocycles.